The van der Waals surface area contributed by atoms with E-state index in [1.54, 1.807) is 0 Å². The van der Waals surface area contributed by atoms with Crippen LogP contribution in [-0.4, -0.2) is 23.0 Å². The second kappa shape index (κ2) is 4.67. The van der Waals surface area contributed by atoms with Crippen LogP contribution in [0.25, 0.3) is 0 Å². The number of fused-ring (bicyclic) bond motifs is 1. The van der Waals surface area contributed by atoms with Crippen LogP contribution in [0.3, 0.4) is 0 Å². The number of carboxylic acids is 1. The molecule has 0 aromatic heterocycles. The summed E-state index contributed by atoms with van der Waals surface area (Å²) in [5, 5.41) is 11.8. The Morgan fingerprint density at radius 3 is 2.35 bits per heavy atom. The van der Waals surface area contributed by atoms with E-state index in [1.165, 1.54) is 6.42 Å². The Bertz CT molecular complexity index is 319. The van der Waals surface area contributed by atoms with Crippen molar-refractivity contribution in [1.82, 2.24) is 5.32 Å². The summed E-state index contributed by atoms with van der Waals surface area (Å²) in [5.74, 6) is 0.563. The second-order valence-corrected chi connectivity index (χ2v) is 5.63. The van der Waals surface area contributed by atoms with Gasteiger partial charge in [0.2, 0.25) is 5.91 Å². The number of rotatable bonds is 5. The van der Waals surface area contributed by atoms with Gasteiger partial charge in [0.15, 0.2) is 0 Å². The Morgan fingerprint density at radius 2 is 1.88 bits per heavy atom. The number of nitrogens with one attached hydrogen (secondary N) is 1. The Kier molecular flexibility index (Phi) is 3.40. The van der Waals surface area contributed by atoms with Gasteiger partial charge in [0.25, 0.3) is 0 Å². The van der Waals surface area contributed by atoms with E-state index in [0.717, 1.165) is 31.1 Å². The largest absolute Gasteiger partial charge is 0.480 e. The van der Waals surface area contributed by atoms with Crippen molar-refractivity contribution in [2.75, 3.05) is 0 Å². The fourth-order valence-corrected chi connectivity index (χ4v) is 2.88. The van der Waals surface area contributed by atoms with Gasteiger partial charge in [0.1, 0.15) is 6.04 Å². The van der Waals surface area contributed by atoms with Crippen molar-refractivity contribution in [3.05, 3.63) is 0 Å². The Balaban J connectivity index is 1.88. The van der Waals surface area contributed by atoms with Crippen LogP contribution in [0.4, 0.5) is 0 Å². The first-order valence-corrected chi connectivity index (χ1v) is 6.56. The Morgan fingerprint density at radius 1 is 1.29 bits per heavy atom. The van der Waals surface area contributed by atoms with Gasteiger partial charge in [0.05, 0.1) is 0 Å². The first kappa shape index (κ1) is 12.4. The molecule has 17 heavy (non-hydrogen) atoms. The third-order valence-corrected chi connectivity index (χ3v) is 4.39. The molecule has 2 rings (SSSR count). The molecular weight excluding hydrogens is 218 g/mol. The first-order valence-electron chi connectivity index (χ1n) is 6.56. The molecule has 4 unspecified atom stereocenters. The molecule has 2 fully saturated rings. The first-order chi connectivity index (χ1) is 8.02. The molecule has 2 saturated carbocycles. The zero-order chi connectivity index (χ0) is 12.6. The molecule has 1 amide bonds. The molecule has 0 spiro atoms. The van der Waals surface area contributed by atoms with Gasteiger partial charge in [0, 0.05) is 5.92 Å². The summed E-state index contributed by atoms with van der Waals surface area (Å²) in [6.07, 6.45) is 3.96. The average Bonchev–Trinajstić information content (AvgIpc) is 2.91. The third-order valence-electron chi connectivity index (χ3n) is 4.39. The Labute approximate surface area is 102 Å². The predicted octanol–water partition coefficient (Wildman–Crippen LogP) is 1.65. The minimum atomic E-state index is -0.921. The molecular formula is C13H21NO3. The number of hydrogen-bond donors (Lipinski definition) is 2. The minimum absolute atomic E-state index is 0.0209. The van der Waals surface area contributed by atoms with Gasteiger partial charge < -0.3 is 10.4 Å². The van der Waals surface area contributed by atoms with Crippen LogP contribution < -0.4 is 5.32 Å². The molecule has 4 heteroatoms. The smallest absolute Gasteiger partial charge is 0.326 e. The van der Waals surface area contributed by atoms with Gasteiger partial charge in [-0.2, -0.15) is 0 Å². The van der Waals surface area contributed by atoms with E-state index in [1.807, 2.05) is 13.8 Å². The maximum absolute atomic E-state index is 12.0. The van der Waals surface area contributed by atoms with Crippen molar-refractivity contribution >= 4 is 11.9 Å². The topological polar surface area (TPSA) is 66.4 Å². The van der Waals surface area contributed by atoms with E-state index >= 15 is 0 Å². The molecule has 96 valence electrons. The summed E-state index contributed by atoms with van der Waals surface area (Å²) in [5.41, 5.74) is 0. The quantitative estimate of drug-likeness (QED) is 0.766. The number of carbonyl (C=O) groups is 2. The summed E-state index contributed by atoms with van der Waals surface area (Å²) in [7, 11) is 0. The normalized spacial score (nSPS) is 33.6. The summed E-state index contributed by atoms with van der Waals surface area (Å²) >= 11 is 0. The summed E-state index contributed by atoms with van der Waals surface area (Å²) in [6, 6.07) is -0.732. The molecule has 4 atom stereocenters. The van der Waals surface area contributed by atoms with E-state index in [0.29, 0.717) is 0 Å². The standard InChI is InChI=1S/C13H21NO3/c1-3-7(2)11(13(16)17)14-12(15)10-5-8-4-9(8)6-10/h7-11H,3-6H2,1-2H3,(H,14,15)(H,16,17). The lowest BCUT2D eigenvalue weighted by atomic mass is 9.97. The third kappa shape index (κ3) is 2.61. The van der Waals surface area contributed by atoms with Crippen molar-refractivity contribution in [2.45, 2.75) is 45.6 Å². The molecule has 0 heterocycles. The molecule has 2 aliphatic rings. The molecule has 0 aromatic carbocycles. The van der Waals surface area contributed by atoms with Crippen molar-refractivity contribution in [2.24, 2.45) is 23.7 Å². The zero-order valence-corrected chi connectivity index (χ0v) is 10.5. The van der Waals surface area contributed by atoms with Crippen LogP contribution >= 0.6 is 0 Å². The SMILES string of the molecule is CCC(C)C(NC(=O)C1CC2CC2C1)C(=O)O. The van der Waals surface area contributed by atoms with Gasteiger partial charge in [-0.25, -0.2) is 4.79 Å². The number of amides is 1. The van der Waals surface area contributed by atoms with Crippen molar-refractivity contribution in [3.8, 4) is 0 Å². The second-order valence-electron chi connectivity index (χ2n) is 5.63. The zero-order valence-electron chi connectivity index (χ0n) is 10.5. The minimum Gasteiger partial charge on any atom is -0.480 e. The van der Waals surface area contributed by atoms with Gasteiger partial charge in [-0.05, 0) is 37.0 Å². The molecule has 0 aliphatic heterocycles. The van der Waals surface area contributed by atoms with E-state index in [4.69, 9.17) is 5.11 Å². The van der Waals surface area contributed by atoms with Crippen LogP contribution in [0.2, 0.25) is 0 Å². The molecule has 2 N–H and O–H groups in total. The van der Waals surface area contributed by atoms with Crippen LogP contribution in [-0.2, 0) is 9.59 Å². The molecule has 4 nitrogen and oxygen atoms in total. The fraction of sp³-hybridized carbons (Fsp3) is 0.846. The van der Waals surface area contributed by atoms with Crippen LogP contribution in [0.1, 0.15) is 39.5 Å². The molecule has 0 saturated heterocycles. The van der Waals surface area contributed by atoms with E-state index in [-0.39, 0.29) is 17.7 Å². The van der Waals surface area contributed by atoms with Gasteiger partial charge in [-0.15, -0.1) is 0 Å². The lowest BCUT2D eigenvalue weighted by Crippen LogP contribution is -2.47. The number of carbonyl (C=O) groups excluding carboxylic acids is 1. The maximum atomic E-state index is 12.0. The molecule has 2 aliphatic carbocycles. The van der Waals surface area contributed by atoms with E-state index in [9.17, 15) is 9.59 Å². The number of aliphatic carboxylic acids is 1. The average molecular weight is 239 g/mol. The van der Waals surface area contributed by atoms with Crippen molar-refractivity contribution in [3.63, 3.8) is 0 Å². The van der Waals surface area contributed by atoms with Gasteiger partial charge in [-0.3, -0.25) is 4.79 Å². The highest BCUT2D eigenvalue weighted by Crippen LogP contribution is 2.54. The van der Waals surface area contributed by atoms with Crippen LogP contribution in [0.15, 0.2) is 0 Å². The number of hydrogen-bond acceptors (Lipinski definition) is 2. The molecule has 0 bridgehead atoms. The van der Waals surface area contributed by atoms with E-state index in [2.05, 4.69) is 5.32 Å². The summed E-state index contributed by atoms with van der Waals surface area (Å²) in [4.78, 5) is 23.1. The summed E-state index contributed by atoms with van der Waals surface area (Å²) in [6.45, 7) is 3.81. The van der Waals surface area contributed by atoms with Gasteiger partial charge in [-0.1, -0.05) is 20.3 Å². The highest BCUT2D eigenvalue weighted by molar-refractivity contribution is 5.85. The van der Waals surface area contributed by atoms with Crippen molar-refractivity contribution < 1.29 is 14.7 Å². The fourth-order valence-electron chi connectivity index (χ4n) is 2.88. The van der Waals surface area contributed by atoms with Crippen LogP contribution in [0, 0.1) is 23.7 Å². The highest BCUT2D eigenvalue weighted by atomic mass is 16.4. The monoisotopic (exact) mass is 239 g/mol. The van der Waals surface area contributed by atoms with Gasteiger partial charge >= 0.3 is 5.97 Å². The highest BCUT2D eigenvalue weighted by Gasteiger charge is 2.48. The number of carboxylic acid groups (broad SMARTS) is 1. The Hall–Kier alpha value is -1.06. The maximum Gasteiger partial charge on any atom is 0.326 e. The summed E-state index contributed by atoms with van der Waals surface area (Å²) < 4.78 is 0. The van der Waals surface area contributed by atoms with E-state index < -0.39 is 12.0 Å². The molecule has 0 radical (unpaired) electrons. The predicted molar refractivity (Wildman–Crippen MR) is 63.3 cm³/mol. The lowest BCUT2D eigenvalue weighted by Gasteiger charge is -2.22. The molecule has 0 aromatic rings. The van der Waals surface area contributed by atoms with Crippen LogP contribution in [0.5, 0.6) is 0 Å². The van der Waals surface area contributed by atoms with Crippen molar-refractivity contribution in [1.29, 1.82) is 0 Å². The lowest BCUT2D eigenvalue weighted by molar-refractivity contribution is -0.144.